The molecular weight excluding hydrogens is 514 g/mol. The Bertz CT molecular complexity index is 1050. The molecule has 0 bridgehead atoms. The Morgan fingerprint density at radius 1 is 1.18 bits per heavy atom. The van der Waals surface area contributed by atoms with Crippen molar-refractivity contribution in [1.29, 1.82) is 0 Å². The van der Waals surface area contributed by atoms with Crippen LogP contribution in [0.4, 0.5) is 0 Å². The molecule has 1 saturated heterocycles. The molecule has 1 aliphatic heterocycles. The van der Waals surface area contributed by atoms with Gasteiger partial charge in [-0.1, -0.05) is 38.5 Å². The third-order valence-electron chi connectivity index (χ3n) is 5.13. The second-order valence-corrected chi connectivity index (χ2v) is 10.6. The molecule has 1 aromatic heterocycles. The van der Waals surface area contributed by atoms with Crippen LogP contribution in [-0.2, 0) is 19.1 Å². The van der Waals surface area contributed by atoms with Gasteiger partial charge in [0.25, 0.3) is 5.56 Å². The van der Waals surface area contributed by atoms with Crippen molar-refractivity contribution in [3.63, 3.8) is 0 Å². The lowest BCUT2D eigenvalue weighted by molar-refractivity contribution is -0.131. The smallest absolute Gasteiger partial charge is 0.256 e. The molecule has 0 spiro atoms. The van der Waals surface area contributed by atoms with E-state index in [1.54, 1.807) is 25.8 Å². The van der Waals surface area contributed by atoms with E-state index in [0.717, 1.165) is 36.3 Å². The van der Waals surface area contributed by atoms with Crippen molar-refractivity contribution >= 4 is 29.5 Å². The van der Waals surface area contributed by atoms with Crippen LogP contribution in [0.25, 0.3) is 10.8 Å². The summed E-state index contributed by atoms with van der Waals surface area (Å²) in [6.45, 7) is 17.5. The first kappa shape index (κ1) is 38.7. The number of hydrazine groups is 1. The van der Waals surface area contributed by atoms with Gasteiger partial charge >= 0.3 is 0 Å². The largest absolute Gasteiger partial charge is 0.495 e. The van der Waals surface area contributed by atoms with Crippen LogP contribution in [0, 0.1) is 12.8 Å². The van der Waals surface area contributed by atoms with E-state index in [4.69, 9.17) is 14.3 Å². The highest BCUT2D eigenvalue weighted by atomic mass is 16.5. The van der Waals surface area contributed by atoms with Gasteiger partial charge in [0.15, 0.2) is 0 Å². The Morgan fingerprint density at radius 3 is 2.12 bits per heavy atom. The summed E-state index contributed by atoms with van der Waals surface area (Å²) in [5.74, 6) is 5.96. The topological polar surface area (TPSA) is 156 Å². The standard InChI is InChI=1S/C11H11NO2.C8H14N2O2.C5H12O.C4H10.CH4N2O/c1-7-3-4-8-9(5-7)11(13)12-6-10(8)14-2;1-7-3-2-4-10(7)8(12)5-9-6-11;1-5(2,3)6-4;1-4(2)3;2-3-1-4/h3-6H,1-2H3,(H,12,13);6-7H,2-5H2,1H3,(H,9,11);1-4H3;4H,1-3H3;1H,2H2,(H,3,4). The number of benzene rings is 1. The van der Waals surface area contributed by atoms with Gasteiger partial charge in [0.1, 0.15) is 5.75 Å². The molecular formula is C29H51N5O6. The molecule has 40 heavy (non-hydrogen) atoms. The number of H-pyrrole nitrogens is 1. The van der Waals surface area contributed by atoms with Crippen LogP contribution in [0.2, 0.25) is 0 Å². The molecule has 2 heterocycles. The van der Waals surface area contributed by atoms with E-state index in [2.05, 4.69) is 36.9 Å². The van der Waals surface area contributed by atoms with Crippen molar-refractivity contribution in [2.75, 3.05) is 27.3 Å². The van der Waals surface area contributed by atoms with Gasteiger partial charge in [-0.3, -0.25) is 24.6 Å². The number of likely N-dealkylation sites (tertiary alicyclic amines) is 1. The van der Waals surface area contributed by atoms with E-state index in [9.17, 15) is 14.4 Å². The van der Waals surface area contributed by atoms with Crippen molar-refractivity contribution in [3.8, 4) is 5.75 Å². The minimum absolute atomic E-state index is 0.0205. The maximum absolute atomic E-state index is 11.5. The molecule has 1 aliphatic rings. The molecule has 0 aliphatic carbocycles. The lowest BCUT2D eigenvalue weighted by Gasteiger charge is -2.20. The van der Waals surface area contributed by atoms with Crippen molar-refractivity contribution in [1.82, 2.24) is 20.6 Å². The Labute approximate surface area is 239 Å². The maximum atomic E-state index is 11.5. The van der Waals surface area contributed by atoms with Gasteiger partial charge in [0.2, 0.25) is 18.7 Å². The van der Waals surface area contributed by atoms with E-state index in [1.165, 1.54) is 0 Å². The molecule has 1 atom stereocenters. The number of aromatic amines is 1. The van der Waals surface area contributed by atoms with Gasteiger partial charge in [-0.25, -0.2) is 5.84 Å². The number of fused-ring (bicyclic) bond motifs is 1. The SMILES string of the molecule is CC(C)C.CC1CCCN1C(=O)CNC=O.COC(C)(C)C.COc1c[nH]c(=O)c2cc(C)ccc12.NNC=O. The molecule has 3 rings (SSSR count). The molecule has 5 N–H and O–H groups in total. The van der Waals surface area contributed by atoms with Crippen LogP contribution in [0.15, 0.2) is 29.2 Å². The van der Waals surface area contributed by atoms with E-state index in [0.29, 0.717) is 30.0 Å². The van der Waals surface area contributed by atoms with E-state index >= 15 is 0 Å². The number of nitrogens with two attached hydrogens (primary N) is 1. The molecule has 11 nitrogen and oxygen atoms in total. The summed E-state index contributed by atoms with van der Waals surface area (Å²) < 4.78 is 10.1. The summed E-state index contributed by atoms with van der Waals surface area (Å²) in [6.07, 6.45) is 4.69. The van der Waals surface area contributed by atoms with Gasteiger partial charge in [-0.15, -0.1) is 0 Å². The lowest BCUT2D eigenvalue weighted by atomic mass is 10.1. The molecule has 3 amide bonds. The number of pyridine rings is 1. The van der Waals surface area contributed by atoms with Crippen molar-refractivity contribution in [2.24, 2.45) is 11.8 Å². The van der Waals surface area contributed by atoms with Crippen LogP contribution >= 0.6 is 0 Å². The molecule has 1 unspecified atom stereocenters. The molecule has 2 aromatic rings. The van der Waals surface area contributed by atoms with Gasteiger partial charge in [-0.05, 0) is 59.4 Å². The second-order valence-electron chi connectivity index (χ2n) is 10.6. The van der Waals surface area contributed by atoms with Crippen LogP contribution in [0.3, 0.4) is 0 Å². The fraction of sp³-hybridized carbons (Fsp3) is 0.586. The predicted octanol–water partition coefficient (Wildman–Crippen LogP) is 3.29. The molecule has 0 saturated carbocycles. The van der Waals surface area contributed by atoms with Crippen LogP contribution in [-0.4, -0.2) is 67.6 Å². The molecule has 0 radical (unpaired) electrons. The van der Waals surface area contributed by atoms with Crippen molar-refractivity contribution in [3.05, 3.63) is 40.3 Å². The lowest BCUT2D eigenvalue weighted by Crippen LogP contribution is -2.39. The number of nitrogens with one attached hydrogen (secondary N) is 3. The van der Waals surface area contributed by atoms with Crippen LogP contribution in [0.1, 0.15) is 66.9 Å². The highest BCUT2D eigenvalue weighted by Gasteiger charge is 2.24. The van der Waals surface area contributed by atoms with Crippen molar-refractivity contribution in [2.45, 2.75) is 79.9 Å². The Balaban J connectivity index is 0. The number of hydrogen-bond acceptors (Lipinski definition) is 7. The molecule has 228 valence electrons. The van der Waals surface area contributed by atoms with E-state index < -0.39 is 0 Å². The maximum Gasteiger partial charge on any atom is 0.256 e. The summed E-state index contributed by atoms with van der Waals surface area (Å²) >= 11 is 0. The summed E-state index contributed by atoms with van der Waals surface area (Å²) in [4.78, 5) is 46.1. The number of rotatable bonds is 5. The number of hydrogen-bond donors (Lipinski definition) is 4. The first-order valence-electron chi connectivity index (χ1n) is 13.3. The number of ether oxygens (including phenoxy) is 2. The number of carbonyl (C=O) groups is 3. The third-order valence-corrected chi connectivity index (χ3v) is 5.13. The Morgan fingerprint density at radius 2 is 1.73 bits per heavy atom. The normalized spacial score (nSPS) is 13.6. The minimum Gasteiger partial charge on any atom is -0.495 e. The first-order valence-corrected chi connectivity index (χ1v) is 13.3. The zero-order chi connectivity index (χ0) is 31.3. The second kappa shape index (κ2) is 21.4. The number of carbonyl (C=O) groups excluding carboxylic acids is 3. The summed E-state index contributed by atoms with van der Waals surface area (Å²) in [6, 6.07) is 6.06. The first-order chi connectivity index (χ1) is 18.7. The van der Waals surface area contributed by atoms with Gasteiger partial charge in [-0.2, -0.15) is 0 Å². The molecule has 1 fully saturated rings. The monoisotopic (exact) mass is 565 g/mol. The summed E-state index contributed by atoms with van der Waals surface area (Å²) in [5.41, 5.74) is 2.78. The Kier molecular flexibility index (Phi) is 20.7. The number of aryl methyl sites for hydroxylation is 1. The number of amides is 3. The highest BCUT2D eigenvalue weighted by Crippen LogP contribution is 2.22. The van der Waals surface area contributed by atoms with E-state index in [1.807, 2.05) is 57.7 Å². The zero-order valence-electron chi connectivity index (χ0n) is 25.9. The quantitative estimate of drug-likeness (QED) is 0.188. The van der Waals surface area contributed by atoms with Crippen LogP contribution in [0.5, 0.6) is 5.75 Å². The van der Waals surface area contributed by atoms with Gasteiger partial charge < -0.3 is 24.7 Å². The third kappa shape index (κ3) is 18.0. The van der Waals surface area contributed by atoms with Crippen molar-refractivity contribution < 1.29 is 23.9 Å². The fourth-order valence-corrected chi connectivity index (χ4v) is 3.05. The Hall–Kier alpha value is -3.44. The molecule has 1 aromatic carbocycles. The summed E-state index contributed by atoms with van der Waals surface area (Å²) in [7, 11) is 3.30. The highest BCUT2D eigenvalue weighted by molar-refractivity contribution is 5.87. The number of nitrogens with zero attached hydrogens (tertiary/aromatic N) is 1. The zero-order valence-corrected chi connectivity index (χ0v) is 25.9. The van der Waals surface area contributed by atoms with Gasteiger partial charge in [0.05, 0.1) is 24.6 Å². The minimum atomic E-state index is -0.0792. The van der Waals surface area contributed by atoms with Crippen LogP contribution < -0.4 is 26.9 Å². The predicted molar refractivity (Wildman–Crippen MR) is 161 cm³/mol. The average molecular weight is 566 g/mol. The summed E-state index contributed by atoms with van der Waals surface area (Å²) in [5, 5.41) is 3.89. The number of aromatic nitrogens is 1. The van der Waals surface area contributed by atoms with Gasteiger partial charge in [0, 0.05) is 31.3 Å². The molecule has 11 heteroatoms. The number of methoxy groups -OCH3 is 2. The fourth-order valence-electron chi connectivity index (χ4n) is 3.05. The van der Waals surface area contributed by atoms with E-state index in [-0.39, 0.29) is 23.6 Å². The average Bonchev–Trinajstić information content (AvgIpc) is 3.34.